The van der Waals surface area contributed by atoms with E-state index in [9.17, 15) is 13.6 Å². The van der Waals surface area contributed by atoms with Crippen LogP contribution in [-0.2, 0) is 0 Å². The van der Waals surface area contributed by atoms with Crippen LogP contribution in [0.25, 0.3) is 0 Å². The normalized spacial score (nSPS) is 10.3. The molecule has 2 aromatic carbocycles. The predicted octanol–water partition coefficient (Wildman–Crippen LogP) is 2.82. The van der Waals surface area contributed by atoms with E-state index in [1.165, 1.54) is 31.3 Å². The van der Waals surface area contributed by atoms with E-state index in [0.717, 1.165) is 17.0 Å². The SMILES string of the molecule is CN(C(=O)c1ccc(F)cc1N)c1ccccc1F. The van der Waals surface area contributed by atoms with Crippen molar-refractivity contribution in [1.29, 1.82) is 0 Å². The van der Waals surface area contributed by atoms with Crippen molar-refractivity contribution in [2.75, 3.05) is 17.7 Å². The number of rotatable bonds is 2. The Bertz CT molecular complexity index is 629. The third kappa shape index (κ3) is 2.54. The van der Waals surface area contributed by atoms with Crippen LogP contribution in [0, 0.1) is 11.6 Å². The molecule has 0 aromatic heterocycles. The van der Waals surface area contributed by atoms with Gasteiger partial charge in [0.1, 0.15) is 11.6 Å². The van der Waals surface area contributed by atoms with E-state index >= 15 is 0 Å². The van der Waals surface area contributed by atoms with Crippen molar-refractivity contribution in [2.24, 2.45) is 0 Å². The summed E-state index contributed by atoms with van der Waals surface area (Å²) < 4.78 is 26.5. The minimum atomic E-state index is -0.525. The lowest BCUT2D eigenvalue weighted by Gasteiger charge is -2.18. The van der Waals surface area contributed by atoms with Crippen molar-refractivity contribution < 1.29 is 13.6 Å². The van der Waals surface area contributed by atoms with Gasteiger partial charge in [0, 0.05) is 12.7 Å². The fourth-order valence-electron chi connectivity index (χ4n) is 1.74. The minimum Gasteiger partial charge on any atom is -0.398 e. The highest BCUT2D eigenvalue weighted by atomic mass is 19.1. The zero-order valence-electron chi connectivity index (χ0n) is 10.2. The van der Waals surface area contributed by atoms with Crippen LogP contribution in [-0.4, -0.2) is 13.0 Å². The van der Waals surface area contributed by atoms with E-state index in [-0.39, 0.29) is 16.9 Å². The summed E-state index contributed by atoms with van der Waals surface area (Å²) in [6.45, 7) is 0. The average Bonchev–Trinajstić information content (AvgIpc) is 2.38. The second kappa shape index (κ2) is 5.06. The average molecular weight is 262 g/mol. The van der Waals surface area contributed by atoms with Crippen molar-refractivity contribution in [2.45, 2.75) is 0 Å². The van der Waals surface area contributed by atoms with Gasteiger partial charge in [-0.3, -0.25) is 4.79 Å². The molecule has 0 unspecified atom stereocenters. The summed E-state index contributed by atoms with van der Waals surface area (Å²) in [5, 5.41) is 0. The molecule has 0 saturated heterocycles. The molecule has 0 saturated carbocycles. The molecule has 0 fully saturated rings. The number of hydrogen-bond acceptors (Lipinski definition) is 2. The van der Waals surface area contributed by atoms with Crippen LogP contribution in [0.5, 0.6) is 0 Å². The summed E-state index contributed by atoms with van der Waals surface area (Å²) in [5.74, 6) is -1.54. The Balaban J connectivity index is 2.37. The second-order valence-corrected chi connectivity index (χ2v) is 4.05. The number of nitrogen functional groups attached to an aromatic ring is 1. The first-order chi connectivity index (χ1) is 9.00. The van der Waals surface area contributed by atoms with E-state index in [2.05, 4.69) is 0 Å². The fourth-order valence-corrected chi connectivity index (χ4v) is 1.74. The highest BCUT2D eigenvalue weighted by Crippen LogP contribution is 2.22. The van der Waals surface area contributed by atoms with Crippen LogP contribution >= 0.6 is 0 Å². The highest BCUT2D eigenvalue weighted by molar-refractivity contribution is 6.09. The molecule has 98 valence electrons. The number of para-hydroxylation sites is 1. The van der Waals surface area contributed by atoms with Gasteiger partial charge in [0.15, 0.2) is 0 Å². The van der Waals surface area contributed by atoms with Gasteiger partial charge in [-0.25, -0.2) is 8.78 Å². The molecular weight excluding hydrogens is 250 g/mol. The standard InChI is InChI=1S/C14H12F2N2O/c1-18(13-5-3-2-4-11(13)16)14(19)10-7-6-9(15)8-12(10)17/h2-8H,17H2,1H3. The molecule has 2 aromatic rings. The van der Waals surface area contributed by atoms with Gasteiger partial charge < -0.3 is 10.6 Å². The summed E-state index contributed by atoms with van der Waals surface area (Å²) in [7, 11) is 1.43. The number of benzene rings is 2. The lowest BCUT2D eigenvalue weighted by atomic mass is 10.1. The Hall–Kier alpha value is -2.43. The quantitative estimate of drug-likeness (QED) is 0.846. The molecule has 0 heterocycles. The number of amides is 1. The summed E-state index contributed by atoms with van der Waals surface area (Å²) in [6.07, 6.45) is 0. The highest BCUT2D eigenvalue weighted by Gasteiger charge is 2.18. The molecule has 19 heavy (non-hydrogen) atoms. The second-order valence-electron chi connectivity index (χ2n) is 4.05. The molecule has 0 bridgehead atoms. The number of halogens is 2. The van der Waals surface area contributed by atoms with E-state index < -0.39 is 17.5 Å². The molecule has 0 radical (unpaired) electrons. The molecule has 0 aliphatic rings. The number of nitrogens with two attached hydrogens (primary N) is 1. The summed E-state index contributed by atoms with van der Waals surface area (Å²) in [5.41, 5.74) is 5.88. The molecule has 5 heteroatoms. The number of hydrogen-bond donors (Lipinski definition) is 1. The van der Waals surface area contributed by atoms with E-state index in [0.29, 0.717) is 0 Å². The maximum atomic E-state index is 13.6. The first-order valence-electron chi connectivity index (χ1n) is 5.58. The zero-order valence-corrected chi connectivity index (χ0v) is 10.2. The maximum absolute atomic E-state index is 13.6. The van der Waals surface area contributed by atoms with Crippen molar-refractivity contribution in [3.63, 3.8) is 0 Å². The molecule has 0 spiro atoms. The van der Waals surface area contributed by atoms with Crippen LogP contribution < -0.4 is 10.6 Å². The largest absolute Gasteiger partial charge is 0.398 e. The number of carbonyl (C=O) groups is 1. The van der Waals surface area contributed by atoms with E-state index in [1.807, 2.05) is 0 Å². The molecule has 2 rings (SSSR count). The van der Waals surface area contributed by atoms with E-state index in [1.54, 1.807) is 6.07 Å². The van der Waals surface area contributed by atoms with Gasteiger partial charge in [-0.15, -0.1) is 0 Å². The zero-order chi connectivity index (χ0) is 14.0. The topological polar surface area (TPSA) is 46.3 Å². The maximum Gasteiger partial charge on any atom is 0.260 e. The molecule has 1 amide bonds. The van der Waals surface area contributed by atoms with Crippen molar-refractivity contribution >= 4 is 17.3 Å². The Labute approximate surface area is 109 Å². The number of anilines is 2. The third-order valence-electron chi connectivity index (χ3n) is 2.76. The van der Waals surface area contributed by atoms with E-state index in [4.69, 9.17) is 5.73 Å². The van der Waals surface area contributed by atoms with Crippen LogP contribution in [0.4, 0.5) is 20.2 Å². The first-order valence-corrected chi connectivity index (χ1v) is 5.58. The Morgan fingerprint density at radius 3 is 2.47 bits per heavy atom. The smallest absolute Gasteiger partial charge is 0.260 e. The summed E-state index contributed by atoms with van der Waals surface area (Å²) >= 11 is 0. The molecule has 0 aliphatic heterocycles. The summed E-state index contributed by atoms with van der Waals surface area (Å²) in [6, 6.07) is 9.37. The number of nitrogens with zero attached hydrogens (tertiary/aromatic N) is 1. The minimum absolute atomic E-state index is 0.0215. The van der Waals surface area contributed by atoms with Gasteiger partial charge in [-0.1, -0.05) is 12.1 Å². The van der Waals surface area contributed by atoms with Gasteiger partial charge in [-0.2, -0.15) is 0 Å². The monoisotopic (exact) mass is 262 g/mol. The van der Waals surface area contributed by atoms with Crippen LogP contribution in [0.15, 0.2) is 42.5 Å². The molecule has 2 N–H and O–H groups in total. The first kappa shape index (κ1) is 13.0. The third-order valence-corrected chi connectivity index (χ3v) is 2.76. The van der Waals surface area contributed by atoms with Crippen LogP contribution in [0.3, 0.4) is 0 Å². The Morgan fingerprint density at radius 1 is 1.16 bits per heavy atom. The van der Waals surface area contributed by atoms with Gasteiger partial charge in [-0.05, 0) is 30.3 Å². The molecule has 0 aliphatic carbocycles. The van der Waals surface area contributed by atoms with Gasteiger partial charge >= 0.3 is 0 Å². The van der Waals surface area contributed by atoms with Gasteiger partial charge in [0.25, 0.3) is 5.91 Å². The lowest BCUT2D eigenvalue weighted by Crippen LogP contribution is -2.27. The van der Waals surface area contributed by atoms with Crippen molar-refractivity contribution in [3.05, 3.63) is 59.7 Å². The van der Waals surface area contributed by atoms with Crippen molar-refractivity contribution in [3.8, 4) is 0 Å². The summed E-state index contributed by atoms with van der Waals surface area (Å²) in [4.78, 5) is 13.3. The predicted molar refractivity (Wildman–Crippen MR) is 69.9 cm³/mol. The fraction of sp³-hybridized carbons (Fsp3) is 0.0714. The van der Waals surface area contributed by atoms with Gasteiger partial charge in [0.05, 0.1) is 11.3 Å². The lowest BCUT2D eigenvalue weighted by molar-refractivity contribution is 0.0993. The van der Waals surface area contributed by atoms with Crippen LogP contribution in [0.2, 0.25) is 0 Å². The molecular formula is C14H12F2N2O. The van der Waals surface area contributed by atoms with Gasteiger partial charge in [0.2, 0.25) is 0 Å². The van der Waals surface area contributed by atoms with Crippen LogP contribution in [0.1, 0.15) is 10.4 Å². The molecule has 3 nitrogen and oxygen atoms in total. The number of carbonyl (C=O) groups excluding carboxylic acids is 1. The van der Waals surface area contributed by atoms with Crippen molar-refractivity contribution in [1.82, 2.24) is 0 Å². The molecule has 0 atom stereocenters. The Kier molecular flexibility index (Phi) is 3.46. The Morgan fingerprint density at radius 2 is 1.84 bits per heavy atom.